The highest BCUT2D eigenvalue weighted by molar-refractivity contribution is 5.75. The van der Waals surface area contributed by atoms with Crippen LogP contribution in [0.1, 0.15) is 39.7 Å². The lowest BCUT2D eigenvalue weighted by atomic mass is 10.0. The summed E-state index contributed by atoms with van der Waals surface area (Å²) in [4.78, 5) is 28.7. The SMILES string of the molecule is CC(C)(C)OC(=O)N1CCC(n2c(=O)[nH]c3ccc(F)cc32)CC1. The van der Waals surface area contributed by atoms with Crippen LogP contribution in [0.3, 0.4) is 0 Å². The highest BCUT2D eigenvalue weighted by Crippen LogP contribution is 2.26. The molecule has 1 aliphatic heterocycles. The number of ether oxygens (including phenoxy) is 1. The average Bonchev–Trinajstić information content (AvgIpc) is 2.81. The lowest BCUT2D eigenvalue weighted by molar-refractivity contribution is 0.0189. The van der Waals surface area contributed by atoms with E-state index in [-0.39, 0.29) is 23.6 Å². The number of halogens is 1. The molecule has 1 aromatic carbocycles. The van der Waals surface area contributed by atoms with Gasteiger partial charge in [0.1, 0.15) is 11.4 Å². The molecule has 3 rings (SSSR count). The second-order valence-electron chi connectivity index (χ2n) is 7.16. The number of benzene rings is 1. The molecule has 1 aliphatic rings. The van der Waals surface area contributed by atoms with Gasteiger partial charge in [-0.15, -0.1) is 0 Å². The van der Waals surface area contributed by atoms with Crippen molar-refractivity contribution in [2.45, 2.75) is 45.3 Å². The van der Waals surface area contributed by atoms with Crippen molar-refractivity contribution in [3.63, 3.8) is 0 Å². The Morgan fingerprint density at radius 2 is 1.96 bits per heavy atom. The number of aromatic nitrogens is 2. The molecule has 6 nitrogen and oxygen atoms in total. The van der Waals surface area contributed by atoms with Crippen LogP contribution in [0.25, 0.3) is 11.0 Å². The Morgan fingerprint density at radius 1 is 1.29 bits per heavy atom. The number of carbonyl (C=O) groups excluding carboxylic acids is 1. The molecular weight excluding hydrogens is 313 g/mol. The molecule has 7 heteroatoms. The topological polar surface area (TPSA) is 67.3 Å². The van der Waals surface area contributed by atoms with Crippen molar-refractivity contribution in [1.29, 1.82) is 0 Å². The Hall–Kier alpha value is -2.31. The van der Waals surface area contributed by atoms with Gasteiger partial charge in [0.05, 0.1) is 11.0 Å². The van der Waals surface area contributed by atoms with Gasteiger partial charge in [0.15, 0.2) is 0 Å². The van der Waals surface area contributed by atoms with Gasteiger partial charge in [0, 0.05) is 19.1 Å². The normalized spacial score (nSPS) is 16.6. The van der Waals surface area contributed by atoms with E-state index >= 15 is 0 Å². The van der Waals surface area contributed by atoms with Crippen LogP contribution in [0, 0.1) is 5.82 Å². The second-order valence-corrected chi connectivity index (χ2v) is 7.16. The van der Waals surface area contributed by atoms with Gasteiger partial charge in [0.25, 0.3) is 0 Å². The summed E-state index contributed by atoms with van der Waals surface area (Å²) in [7, 11) is 0. The zero-order valence-corrected chi connectivity index (χ0v) is 14.1. The monoisotopic (exact) mass is 335 g/mol. The molecule has 0 saturated carbocycles. The van der Waals surface area contributed by atoms with Crippen LogP contribution < -0.4 is 5.69 Å². The van der Waals surface area contributed by atoms with Crippen molar-refractivity contribution in [3.05, 3.63) is 34.5 Å². The van der Waals surface area contributed by atoms with Crippen molar-refractivity contribution in [2.75, 3.05) is 13.1 Å². The third-order valence-corrected chi connectivity index (χ3v) is 4.16. The summed E-state index contributed by atoms with van der Waals surface area (Å²) in [5, 5.41) is 0. The van der Waals surface area contributed by atoms with Crippen molar-refractivity contribution >= 4 is 17.1 Å². The van der Waals surface area contributed by atoms with Gasteiger partial charge in [-0.25, -0.2) is 14.0 Å². The fourth-order valence-electron chi connectivity index (χ4n) is 3.09. The quantitative estimate of drug-likeness (QED) is 0.871. The molecule has 0 radical (unpaired) electrons. The first-order valence-electron chi connectivity index (χ1n) is 8.12. The molecule has 2 heterocycles. The molecule has 130 valence electrons. The van der Waals surface area contributed by atoms with E-state index in [4.69, 9.17) is 4.74 Å². The Morgan fingerprint density at radius 3 is 2.58 bits per heavy atom. The third-order valence-electron chi connectivity index (χ3n) is 4.16. The zero-order valence-electron chi connectivity index (χ0n) is 14.1. The Balaban J connectivity index is 1.76. The number of imidazole rings is 1. The fraction of sp³-hybridized carbons (Fsp3) is 0.529. The molecule has 2 aromatic rings. The van der Waals surface area contributed by atoms with Crippen molar-refractivity contribution in [1.82, 2.24) is 14.5 Å². The molecule has 1 fully saturated rings. The number of aromatic amines is 1. The summed E-state index contributed by atoms with van der Waals surface area (Å²) in [6, 6.07) is 4.20. The lowest BCUT2D eigenvalue weighted by Gasteiger charge is -2.33. The minimum Gasteiger partial charge on any atom is -0.444 e. The summed E-state index contributed by atoms with van der Waals surface area (Å²) in [6.45, 7) is 6.51. The van der Waals surface area contributed by atoms with Gasteiger partial charge in [-0.05, 0) is 51.8 Å². The number of nitrogens with one attached hydrogen (secondary N) is 1. The number of hydrogen-bond donors (Lipinski definition) is 1. The molecule has 0 atom stereocenters. The van der Waals surface area contributed by atoms with Crippen LogP contribution in [-0.2, 0) is 4.74 Å². The van der Waals surface area contributed by atoms with E-state index in [1.807, 2.05) is 20.8 Å². The number of piperidine rings is 1. The number of nitrogens with zero attached hydrogens (tertiary/aromatic N) is 2. The first-order chi connectivity index (χ1) is 11.2. The summed E-state index contributed by atoms with van der Waals surface area (Å²) in [6.07, 6.45) is 0.920. The summed E-state index contributed by atoms with van der Waals surface area (Å²) in [5.74, 6) is -0.374. The van der Waals surface area contributed by atoms with E-state index in [1.165, 1.54) is 12.1 Å². The Kier molecular flexibility index (Phi) is 4.11. The Labute approximate surface area is 139 Å². The Bertz CT molecular complexity index is 811. The standard InChI is InChI=1S/C17H22FN3O3/c1-17(2,3)24-16(23)20-8-6-12(7-9-20)21-14-10-11(18)4-5-13(14)19-15(21)22/h4-5,10,12H,6-9H2,1-3H3,(H,19,22). The maximum atomic E-state index is 13.5. The highest BCUT2D eigenvalue weighted by Gasteiger charge is 2.28. The average molecular weight is 335 g/mol. The predicted octanol–water partition coefficient (Wildman–Crippen LogP) is 3.04. The third kappa shape index (κ3) is 3.29. The van der Waals surface area contributed by atoms with E-state index in [0.717, 1.165) is 0 Å². The van der Waals surface area contributed by atoms with Gasteiger partial charge >= 0.3 is 11.8 Å². The molecule has 1 saturated heterocycles. The number of rotatable bonds is 1. The lowest BCUT2D eigenvalue weighted by Crippen LogP contribution is -2.43. The number of H-pyrrole nitrogens is 1. The van der Waals surface area contributed by atoms with Gasteiger partial charge in [0.2, 0.25) is 0 Å². The van der Waals surface area contributed by atoms with Crippen LogP contribution in [-0.4, -0.2) is 39.2 Å². The number of hydrogen-bond acceptors (Lipinski definition) is 3. The van der Waals surface area contributed by atoms with E-state index in [0.29, 0.717) is 37.0 Å². The molecule has 1 aromatic heterocycles. The van der Waals surface area contributed by atoms with Crippen molar-refractivity contribution in [3.8, 4) is 0 Å². The molecular formula is C17H22FN3O3. The van der Waals surface area contributed by atoms with Crippen LogP contribution in [0.15, 0.2) is 23.0 Å². The van der Waals surface area contributed by atoms with E-state index in [2.05, 4.69) is 4.98 Å². The molecule has 24 heavy (non-hydrogen) atoms. The number of amides is 1. The number of carbonyl (C=O) groups is 1. The smallest absolute Gasteiger partial charge is 0.410 e. The van der Waals surface area contributed by atoms with E-state index in [1.54, 1.807) is 15.5 Å². The molecule has 0 unspecified atom stereocenters. The molecule has 1 amide bonds. The summed E-state index contributed by atoms with van der Waals surface area (Å²) < 4.78 is 20.5. The molecule has 0 aliphatic carbocycles. The fourth-order valence-corrected chi connectivity index (χ4v) is 3.09. The number of likely N-dealkylation sites (tertiary alicyclic amines) is 1. The maximum Gasteiger partial charge on any atom is 0.410 e. The molecule has 0 spiro atoms. The van der Waals surface area contributed by atoms with Gasteiger partial charge < -0.3 is 14.6 Å². The zero-order chi connectivity index (χ0) is 17.5. The first kappa shape index (κ1) is 16.5. The first-order valence-corrected chi connectivity index (χ1v) is 8.12. The minimum absolute atomic E-state index is 0.0632. The van der Waals surface area contributed by atoms with Gasteiger partial charge in [-0.1, -0.05) is 0 Å². The number of fused-ring (bicyclic) bond motifs is 1. The van der Waals surface area contributed by atoms with E-state index < -0.39 is 5.60 Å². The largest absolute Gasteiger partial charge is 0.444 e. The van der Waals surface area contributed by atoms with Gasteiger partial charge in [-0.3, -0.25) is 4.57 Å². The molecule has 0 bridgehead atoms. The van der Waals surface area contributed by atoms with Crippen LogP contribution in [0.4, 0.5) is 9.18 Å². The van der Waals surface area contributed by atoms with Crippen LogP contribution in [0.5, 0.6) is 0 Å². The molecule has 1 N–H and O–H groups in total. The van der Waals surface area contributed by atoms with Gasteiger partial charge in [-0.2, -0.15) is 0 Å². The minimum atomic E-state index is -0.529. The summed E-state index contributed by atoms with van der Waals surface area (Å²) >= 11 is 0. The van der Waals surface area contributed by atoms with Crippen LogP contribution >= 0.6 is 0 Å². The summed E-state index contributed by atoms with van der Waals surface area (Å²) in [5.41, 5.74) is 0.414. The van der Waals surface area contributed by atoms with Crippen molar-refractivity contribution < 1.29 is 13.9 Å². The van der Waals surface area contributed by atoms with Crippen LogP contribution in [0.2, 0.25) is 0 Å². The van der Waals surface area contributed by atoms with E-state index in [9.17, 15) is 14.0 Å². The maximum absolute atomic E-state index is 13.5. The predicted molar refractivity (Wildman–Crippen MR) is 88.6 cm³/mol. The second kappa shape index (κ2) is 5.96. The van der Waals surface area contributed by atoms with Crippen molar-refractivity contribution in [2.24, 2.45) is 0 Å². The highest BCUT2D eigenvalue weighted by atomic mass is 19.1.